The van der Waals surface area contributed by atoms with Crippen molar-refractivity contribution in [3.8, 4) is 11.4 Å². The second-order valence-corrected chi connectivity index (χ2v) is 10.8. The molecule has 0 radical (unpaired) electrons. The number of rotatable bonds is 7. The lowest BCUT2D eigenvalue weighted by Crippen LogP contribution is -2.45. The molecule has 2 saturated carbocycles. The molecule has 0 aliphatic heterocycles. The summed E-state index contributed by atoms with van der Waals surface area (Å²) in [6.45, 7) is 3.52. The van der Waals surface area contributed by atoms with Crippen molar-refractivity contribution in [1.29, 1.82) is 0 Å². The van der Waals surface area contributed by atoms with Crippen LogP contribution in [-0.2, 0) is 16.4 Å². The minimum absolute atomic E-state index is 0.0654. The van der Waals surface area contributed by atoms with Gasteiger partial charge in [0.2, 0.25) is 21.7 Å². The summed E-state index contributed by atoms with van der Waals surface area (Å²) < 4.78 is 65.0. The van der Waals surface area contributed by atoms with Crippen molar-refractivity contribution in [2.45, 2.75) is 81.2 Å². The van der Waals surface area contributed by atoms with Gasteiger partial charge < -0.3 is 9.09 Å². The standard InChI is InChI=1S/C22H26F2N6O3S/c1-3-14-8-16(20-26-21(33-28-20)15-4-5-15)6-7-19(14)34(31,32)29-17-9-18(11-22(23,24)10-17)30-12-25-27-13(30)2/h6-8,12,15,17-18,29H,3-5,9-11H2,1-2H3. The summed E-state index contributed by atoms with van der Waals surface area (Å²) in [5.41, 5.74) is 1.20. The zero-order chi connectivity index (χ0) is 24.1. The predicted molar refractivity (Wildman–Crippen MR) is 118 cm³/mol. The van der Waals surface area contributed by atoms with Gasteiger partial charge in [-0.05, 0) is 56.4 Å². The van der Waals surface area contributed by atoms with Gasteiger partial charge in [0.15, 0.2) is 0 Å². The van der Waals surface area contributed by atoms with Gasteiger partial charge in [-0.25, -0.2) is 21.9 Å². The van der Waals surface area contributed by atoms with Crippen LogP contribution in [0.4, 0.5) is 8.78 Å². The Kier molecular flexibility index (Phi) is 5.75. The Morgan fingerprint density at radius 2 is 2.06 bits per heavy atom. The molecule has 0 amide bonds. The number of aryl methyl sites for hydroxylation is 2. The van der Waals surface area contributed by atoms with E-state index in [0.717, 1.165) is 12.8 Å². The largest absolute Gasteiger partial charge is 0.339 e. The van der Waals surface area contributed by atoms with Gasteiger partial charge in [-0.2, -0.15) is 4.98 Å². The van der Waals surface area contributed by atoms with Crippen LogP contribution in [0, 0.1) is 6.92 Å². The van der Waals surface area contributed by atoms with Gasteiger partial charge in [0, 0.05) is 36.4 Å². The van der Waals surface area contributed by atoms with Crippen LogP contribution >= 0.6 is 0 Å². The number of hydrogen-bond acceptors (Lipinski definition) is 7. The summed E-state index contributed by atoms with van der Waals surface area (Å²) in [7, 11) is -4.04. The summed E-state index contributed by atoms with van der Waals surface area (Å²) in [4.78, 5) is 4.49. The van der Waals surface area contributed by atoms with Crippen molar-refractivity contribution in [1.82, 2.24) is 29.6 Å². The fourth-order valence-corrected chi connectivity index (χ4v) is 6.17. The first kappa shape index (κ1) is 23.0. The lowest BCUT2D eigenvalue weighted by atomic mass is 9.88. The van der Waals surface area contributed by atoms with E-state index in [1.54, 1.807) is 23.6 Å². The number of nitrogens with zero attached hydrogens (tertiary/aromatic N) is 5. The van der Waals surface area contributed by atoms with Gasteiger partial charge in [0.1, 0.15) is 12.2 Å². The predicted octanol–water partition coefficient (Wildman–Crippen LogP) is 3.78. The van der Waals surface area contributed by atoms with Crippen LogP contribution in [0.3, 0.4) is 0 Å². The molecule has 2 aliphatic carbocycles. The first-order valence-electron chi connectivity index (χ1n) is 11.4. The first-order chi connectivity index (χ1) is 16.1. The molecule has 2 fully saturated rings. The summed E-state index contributed by atoms with van der Waals surface area (Å²) in [6.07, 6.45) is 3.18. The van der Waals surface area contributed by atoms with Crippen LogP contribution in [0.15, 0.2) is 33.9 Å². The second kappa shape index (κ2) is 8.49. The molecule has 1 aromatic carbocycles. The van der Waals surface area contributed by atoms with Gasteiger partial charge in [-0.15, -0.1) is 10.2 Å². The number of hydrogen-bond donors (Lipinski definition) is 1. The van der Waals surface area contributed by atoms with E-state index >= 15 is 0 Å². The highest BCUT2D eigenvalue weighted by molar-refractivity contribution is 7.89. The van der Waals surface area contributed by atoms with Crippen molar-refractivity contribution in [2.75, 3.05) is 0 Å². The van der Waals surface area contributed by atoms with Crippen LogP contribution in [-0.4, -0.2) is 45.3 Å². The average Bonchev–Trinajstić information content (AvgIpc) is 3.34. The summed E-state index contributed by atoms with van der Waals surface area (Å²) >= 11 is 0. The highest BCUT2D eigenvalue weighted by Crippen LogP contribution is 2.41. The minimum atomic E-state index is -4.04. The molecule has 0 saturated heterocycles. The Bertz CT molecular complexity index is 1300. The molecule has 9 nitrogen and oxygen atoms in total. The van der Waals surface area contributed by atoms with Crippen molar-refractivity contribution in [3.63, 3.8) is 0 Å². The molecule has 5 rings (SSSR count). The smallest absolute Gasteiger partial charge is 0.251 e. The number of halogens is 2. The molecule has 2 atom stereocenters. The van der Waals surface area contributed by atoms with E-state index in [1.165, 1.54) is 12.4 Å². The molecule has 2 aromatic heterocycles. The van der Waals surface area contributed by atoms with E-state index in [4.69, 9.17) is 4.52 Å². The Morgan fingerprint density at radius 3 is 2.74 bits per heavy atom. The van der Waals surface area contributed by atoms with E-state index < -0.39 is 34.5 Å². The zero-order valence-electron chi connectivity index (χ0n) is 18.9. The molecule has 12 heteroatoms. The third-order valence-corrected chi connectivity index (χ3v) is 8.08. The summed E-state index contributed by atoms with van der Waals surface area (Å²) in [5.74, 6) is -1.17. The van der Waals surface area contributed by atoms with E-state index in [0.29, 0.717) is 41.0 Å². The quantitative estimate of drug-likeness (QED) is 0.534. The van der Waals surface area contributed by atoms with E-state index in [9.17, 15) is 17.2 Å². The number of benzene rings is 1. The Labute approximate surface area is 196 Å². The third kappa shape index (κ3) is 4.61. The normalized spacial score (nSPS) is 22.7. The Balaban J connectivity index is 1.38. The molecule has 3 aromatic rings. The van der Waals surface area contributed by atoms with E-state index in [1.807, 2.05) is 6.92 Å². The number of alkyl halides is 2. The van der Waals surface area contributed by atoms with Gasteiger partial charge in [0.05, 0.1) is 4.90 Å². The highest BCUT2D eigenvalue weighted by Gasteiger charge is 2.43. The third-order valence-electron chi connectivity index (χ3n) is 6.46. The molecule has 2 aliphatic rings. The van der Waals surface area contributed by atoms with E-state index in [2.05, 4.69) is 25.1 Å². The van der Waals surface area contributed by atoms with Crippen molar-refractivity contribution in [2.24, 2.45) is 0 Å². The van der Waals surface area contributed by atoms with Gasteiger partial charge in [0.25, 0.3) is 5.92 Å². The van der Waals surface area contributed by atoms with Crippen molar-refractivity contribution < 1.29 is 21.7 Å². The summed E-state index contributed by atoms with van der Waals surface area (Å²) in [6, 6.07) is 3.29. The maximum atomic E-state index is 14.5. The first-order valence-corrected chi connectivity index (χ1v) is 12.9. The maximum absolute atomic E-state index is 14.5. The van der Waals surface area contributed by atoms with Crippen LogP contribution in [0.5, 0.6) is 0 Å². The molecule has 182 valence electrons. The monoisotopic (exact) mass is 492 g/mol. The molecule has 0 bridgehead atoms. The Hall–Kier alpha value is -2.73. The fraction of sp³-hybridized carbons (Fsp3) is 0.545. The van der Waals surface area contributed by atoms with Crippen LogP contribution in [0.2, 0.25) is 0 Å². The fourth-order valence-electron chi connectivity index (χ4n) is 4.63. The molecular formula is C22H26F2N6O3S. The lowest BCUT2D eigenvalue weighted by Gasteiger charge is -2.35. The zero-order valence-corrected chi connectivity index (χ0v) is 19.7. The molecule has 0 spiro atoms. The number of aromatic nitrogens is 5. The second-order valence-electron chi connectivity index (χ2n) is 9.16. The number of nitrogens with one attached hydrogen (secondary N) is 1. The highest BCUT2D eigenvalue weighted by atomic mass is 32.2. The lowest BCUT2D eigenvalue weighted by molar-refractivity contribution is -0.0579. The van der Waals surface area contributed by atoms with Crippen molar-refractivity contribution >= 4 is 10.0 Å². The summed E-state index contributed by atoms with van der Waals surface area (Å²) in [5, 5.41) is 11.7. The Morgan fingerprint density at radius 1 is 1.26 bits per heavy atom. The van der Waals surface area contributed by atoms with Crippen molar-refractivity contribution in [3.05, 3.63) is 41.8 Å². The topological polar surface area (TPSA) is 116 Å². The maximum Gasteiger partial charge on any atom is 0.251 e. The number of sulfonamides is 1. The van der Waals surface area contributed by atoms with Crippen LogP contribution in [0.1, 0.15) is 68.3 Å². The van der Waals surface area contributed by atoms with Gasteiger partial charge >= 0.3 is 0 Å². The molecule has 2 heterocycles. The SMILES string of the molecule is CCc1cc(-c2noc(C3CC3)n2)ccc1S(=O)(=O)NC1CC(n2cnnc2C)CC(F)(F)C1. The molecule has 1 N–H and O–H groups in total. The molecule has 2 unspecified atom stereocenters. The molecular weight excluding hydrogens is 466 g/mol. The van der Waals surface area contributed by atoms with Gasteiger partial charge in [-0.3, -0.25) is 0 Å². The minimum Gasteiger partial charge on any atom is -0.339 e. The van der Waals surface area contributed by atoms with Gasteiger partial charge in [-0.1, -0.05) is 12.1 Å². The van der Waals surface area contributed by atoms with Crippen LogP contribution < -0.4 is 4.72 Å². The molecule has 34 heavy (non-hydrogen) atoms. The average molecular weight is 493 g/mol. The van der Waals surface area contributed by atoms with Crippen LogP contribution in [0.25, 0.3) is 11.4 Å². The van der Waals surface area contributed by atoms with E-state index in [-0.39, 0.29) is 17.7 Å².